The number of quaternary nitrogens is 1. The molecule has 8 nitrogen and oxygen atoms in total. The van der Waals surface area contributed by atoms with Crippen LogP contribution in [0.5, 0.6) is 0 Å². The molecule has 0 amide bonds. The molecule has 0 saturated carbocycles. The molecule has 57 heavy (non-hydrogen) atoms. The highest BCUT2D eigenvalue weighted by Gasteiger charge is 2.31. The summed E-state index contributed by atoms with van der Waals surface area (Å²) >= 11 is 0. The van der Waals surface area contributed by atoms with Crippen molar-refractivity contribution in [2.24, 2.45) is 0 Å². The lowest BCUT2D eigenvalue weighted by Crippen LogP contribution is -2.50. The lowest BCUT2D eigenvalue weighted by Gasteiger charge is -2.31. The number of hydrogen-bond acceptors (Lipinski definition) is 6. The fourth-order valence-corrected chi connectivity index (χ4v) is 6.86. The highest BCUT2D eigenvalue weighted by molar-refractivity contribution is 5.72. The molecular weight excluding hydrogens is 715 g/mol. The number of nitrogens with zero attached hydrogens (tertiary/aromatic N) is 1. The van der Waals surface area contributed by atoms with Crippen LogP contribution in [0.3, 0.4) is 0 Å². The first-order valence-electron chi connectivity index (χ1n) is 23.5. The molecule has 0 bridgehead atoms. The summed E-state index contributed by atoms with van der Waals surface area (Å²) in [5, 5.41) is 9.62. The van der Waals surface area contributed by atoms with E-state index < -0.39 is 18.1 Å². The number of carbonyl (C=O) groups is 3. The van der Waals surface area contributed by atoms with Gasteiger partial charge in [0.25, 0.3) is 0 Å². The first-order valence-corrected chi connectivity index (χ1v) is 23.5. The van der Waals surface area contributed by atoms with E-state index in [9.17, 15) is 19.5 Å². The monoisotopic (exact) mass is 805 g/mol. The Morgan fingerprint density at radius 3 is 1.40 bits per heavy atom. The van der Waals surface area contributed by atoms with Crippen LogP contribution in [0.25, 0.3) is 0 Å². The minimum absolute atomic E-state index is 0.0511. The van der Waals surface area contributed by atoms with Gasteiger partial charge < -0.3 is 23.8 Å². The maximum atomic E-state index is 12.7. The SMILES string of the molecule is CCCCC/C=C/C/C=C/C/C=C/CCCCCCCCCCCC(=O)OCC(COCCC(C(=O)O)[N+](C)(C)C)OC(=O)CCCCCCCCCCCCC. The largest absolute Gasteiger partial charge is 0.477 e. The van der Waals surface area contributed by atoms with Crippen LogP contribution < -0.4 is 0 Å². The van der Waals surface area contributed by atoms with Crippen LogP contribution >= 0.6 is 0 Å². The van der Waals surface area contributed by atoms with E-state index >= 15 is 0 Å². The number of esters is 2. The van der Waals surface area contributed by atoms with Crippen LogP contribution in [-0.4, -0.2) is 80.6 Å². The number of likely N-dealkylation sites (N-methyl/N-ethyl adjacent to an activating group) is 1. The summed E-state index contributed by atoms with van der Waals surface area (Å²) in [7, 11) is 5.53. The number of allylic oxidation sites excluding steroid dienone is 6. The molecule has 0 aliphatic carbocycles. The Morgan fingerprint density at radius 2 is 0.930 bits per heavy atom. The predicted molar refractivity (Wildman–Crippen MR) is 238 cm³/mol. The van der Waals surface area contributed by atoms with Gasteiger partial charge in [0.15, 0.2) is 12.1 Å². The molecule has 1 N–H and O–H groups in total. The van der Waals surface area contributed by atoms with E-state index in [0.29, 0.717) is 19.3 Å². The van der Waals surface area contributed by atoms with Gasteiger partial charge in [-0.05, 0) is 51.4 Å². The predicted octanol–water partition coefficient (Wildman–Crippen LogP) is 13.0. The zero-order valence-electron chi connectivity index (χ0n) is 37.8. The third-order valence-electron chi connectivity index (χ3n) is 10.5. The number of carboxylic acids is 1. The van der Waals surface area contributed by atoms with Gasteiger partial charge in [-0.2, -0.15) is 0 Å². The van der Waals surface area contributed by atoms with Crippen LogP contribution in [0, 0.1) is 0 Å². The van der Waals surface area contributed by atoms with Crippen molar-refractivity contribution in [3.63, 3.8) is 0 Å². The number of aliphatic carboxylic acids is 1. The van der Waals surface area contributed by atoms with Gasteiger partial charge in [0, 0.05) is 19.3 Å². The van der Waals surface area contributed by atoms with Crippen molar-refractivity contribution in [1.29, 1.82) is 0 Å². The van der Waals surface area contributed by atoms with Crippen molar-refractivity contribution in [3.8, 4) is 0 Å². The Morgan fingerprint density at radius 1 is 0.526 bits per heavy atom. The molecule has 2 unspecified atom stereocenters. The second kappa shape index (κ2) is 40.3. The molecule has 0 heterocycles. The van der Waals surface area contributed by atoms with Gasteiger partial charge in [-0.1, -0.05) is 172 Å². The standard InChI is InChI=1S/C49H89NO7/c1-6-8-10-12-14-16-18-19-20-21-22-23-24-25-26-27-28-30-31-33-35-37-39-47(51)56-44-45(43-55-42-41-46(49(53)54)50(3,4)5)57-48(52)40-38-36-34-32-29-17-15-13-11-9-7-2/h14,16,19-20,22-23,45-46H,6-13,15,17-18,21,24-44H2,1-5H3/p+1/b16-14+,20-19+,23-22+. The summed E-state index contributed by atoms with van der Waals surface area (Å²) in [4.78, 5) is 37.0. The molecule has 0 radical (unpaired) electrons. The Labute approximate surface area is 351 Å². The van der Waals surface area contributed by atoms with E-state index in [0.717, 1.165) is 51.4 Å². The quantitative estimate of drug-likeness (QED) is 0.0284. The average Bonchev–Trinajstić information content (AvgIpc) is 3.17. The molecule has 0 fully saturated rings. The topological polar surface area (TPSA) is 99.1 Å². The van der Waals surface area contributed by atoms with E-state index in [2.05, 4.69) is 50.3 Å². The van der Waals surface area contributed by atoms with E-state index in [1.54, 1.807) is 0 Å². The summed E-state index contributed by atoms with van der Waals surface area (Å²) in [6, 6.07) is -0.613. The smallest absolute Gasteiger partial charge is 0.362 e. The summed E-state index contributed by atoms with van der Waals surface area (Å²) in [5.74, 6) is -1.47. The maximum absolute atomic E-state index is 12.7. The maximum Gasteiger partial charge on any atom is 0.362 e. The van der Waals surface area contributed by atoms with Gasteiger partial charge in [-0.25, -0.2) is 4.79 Å². The number of unbranched alkanes of at least 4 members (excludes halogenated alkanes) is 22. The average molecular weight is 805 g/mol. The fraction of sp³-hybridized carbons (Fsp3) is 0.816. The Kier molecular flexibility index (Phi) is 38.6. The van der Waals surface area contributed by atoms with Gasteiger partial charge in [-0.15, -0.1) is 0 Å². The molecule has 0 aliphatic rings. The van der Waals surface area contributed by atoms with Gasteiger partial charge in [0.1, 0.15) is 6.61 Å². The van der Waals surface area contributed by atoms with Crippen molar-refractivity contribution in [2.45, 2.75) is 219 Å². The summed E-state index contributed by atoms with van der Waals surface area (Å²) in [5.41, 5.74) is 0. The molecule has 0 spiro atoms. The molecular formula is C49H90NO7+. The second-order valence-electron chi connectivity index (χ2n) is 17.0. The number of ether oxygens (including phenoxy) is 3. The number of carboxylic acid groups (broad SMARTS) is 1. The van der Waals surface area contributed by atoms with Crippen molar-refractivity contribution in [2.75, 3.05) is 41.0 Å². The van der Waals surface area contributed by atoms with E-state index in [1.165, 1.54) is 122 Å². The molecule has 0 rings (SSSR count). The van der Waals surface area contributed by atoms with Crippen LogP contribution in [-0.2, 0) is 28.6 Å². The van der Waals surface area contributed by atoms with Gasteiger partial charge in [0.2, 0.25) is 0 Å². The van der Waals surface area contributed by atoms with Gasteiger partial charge >= 0.3 is 17.9 Å². The second-order valence-corrected chi connectivity index (χ2v) is 17.0. The highest BCUT2D eigenvalue weighted by atomic mass is 16.6. The van der Waals surface area contributed by atoms with Crippen molar-refractivity contribution in [1.82, 2.24) is 0 Å². The summed E-state index contributed by atoms with van der Waals surface area (Å²) < 4.78 is 17.3. The number of rotatable bonds is 42. The van der Waals surface area contributed by atoms with Crippen molar-refractivity contribution >= 4 is 17.9 Å². The number of carbonyl (C=O) groups excluding carboxylic acids is 2. The van der Waals surface area contributed by atoms with Gasteiger partial charge in [-0.3, -0.25) is 9.59 Å². The molecule has 8 heteroatoms. The summed E-state index contributed by atoms with van der Waals surface area (Å²) in [6.07, 6.45) is 46.1. The molecule has 0 aromatic rings. The minimum atomic E-state index is -0.875. The van der Waals surface area contributed by atoms with E-state index in [-0.39, 0.29) is 36.2 Å². The fourth-order valence-electron chi connectivity index (χ4n) is 6.86. The van der Waals surface area contributed by atoms with Gasteiger partial charge in [0.05, 0.1) is 34.4 Å². The Bertz CT molecular complexity index is 1030. The van der Waals surface area contributed by atoms with Crippen molar-refractivity contribution < 1.29 is 38.2 Å². The zero-order valence-corrected chi connectivity index (χ0v) is 37.8. The van der Waals surface area contributed by atoms with Crippen LogP contribution in [0.4, 0.5) is 0 Å². The molecule has 332 valence electrons. The normalized spacial score (nSPS) is 13.2. The Hall–Kier alpha value is -2.45. The molecule has 0 saturated heterocycles. The zero-order chi connectivity index (χ0) is 42.1. The minimum Gasteiger partial charge on any atom is -0.477 e. The van der Waals surface area contributed by atoms with Crippen LogP contribution in [0.1, 0.15) is 206 Å². The lowest BCUT2D eigenvalue weighted by molar-refractivity contribution is -0.887. The van der Waals surface area contributed by atoms with Crippen LogP contribution in [0.15, 0.2) is 36.5 Å². The highest BCUT2D eigenvalue weighted by Crippen LogP contribution is 2.15. The molecule has 2 atom stereocenters. The third kappa shape index (κ3) is 38.8. The third-order valence-corrected chi connectivity index (χ3v) is 10.5. The first-order chi connectivity index (χ1) is 27.6. The Balaban J connectivity index is 4.22. The molecule has 0 aromatic heterocycles. The van der Waals surface area contributed by atoms with E-state index in [4.69, 9.17) is 14.2 Å². The molecule has 0 aliphatic heterocycles. The first kappa shape index (κ1) is 54.6. The number of hydrogen-bond donors (Lipinski definition) is 1. The van der Waals surface area contributed by atoms with Crippen LogP contribution in [0.2, 0.25) is 0 Å². The lowest BCUT2D eigenvalue weighted by atomic mass is 10.1. The van der Waals surface area contributed by atoms with E-state index in [1.807, 2.05) is 21.1 Å². The summed E-state index contributed by atoms with van der Waals surface area (Å²) in [6.45, 7) is 4.71. The van der Waals surface area contributed by atoms with Crippen molar-refractivity contribution in [3.05, 3.63) is 36.5 Å². The molecule has 0 aromatic carbocycles.